The van der Waals surface area contributed by atoms with E-state index in [0.29, 0.717) is 28.5 Å². The predicted octanol–water partition coefficient (Wildman–Crippen LogP) is 4.53. The molecule has 2 aromatic rings. The molecule has 23 heavy (non-hydrogen) atoms. The predicted molar refractivity (Wildman–Crippen MR) is 87.5 cm³/mol. The van der Waals surface area contributed by atoms with E-state index in [9.17, 15) is 10.1 Å². The van der Waals surface area contributed by atoms with Crippen LogP contribution < -0.4 is 9.47 Å². The number of non-ortho nitro benzene ring substituents is 1. The molecule has 122 valence electrons. The largest absolute Gasteiger partial charge is 0.481 e. The first-order chi connectivity index (χ1) is 10.8. The van der Waals surface area contributed by atoms with Gasteiger partial charge in [0.05, 0.1) is 18.2 Å². The molecule has 0 fully saturated rings. The van der Waals surface area contributed by atoms with Gasteiger partial charge in [0, 0.05) is 17.7 Å². The fourth-order valence-corrected chi connectivity index (χ4v) is 2.40. The van der Waals surface area contributed by atoms with Gasteiger partial charge < -0.3 is 9.47 Å². The Morgan fingerprint density at radius 2 is 1.78 bits per heavy atom. The van der Waals surface area contributed by atoms with Crippen LogP contribution in [0.5, 0.6) is 17.4 Å². The van der Waals surface area contributed by atoms with Crippen molar-refractivity contribution in [2.24, 2.45) is 0 Å². The lowest BCUT2D eigenvalue weighted by molar-refractivity contribution is -0.385. The molecule has 0 aliphatic rings. The van der Waals surface area contributed by atoms with Gasteiger partial charge in [-0.2, -0.15) is 0 Å². The third-order valence-electron chi connectivity index (χ3n) is 3.54. The van der Waals surface area contributed by atoms with Crippen LogP contribution in [0.15, 0.2) is 24.4 Å². The molecule has 0 atom stereocenters. The van der Waals surface area contributed by atoms with E-state index in [1.807, 2.05) is 19.9 Å². The van der Waals surface area contributed by atoms with Crippen LogP contribution in [0.3, 0.4) is 0 Å². The number of methoxy groups -OCH3 is 1. The van der Waals surface area contributed by atoms with Gasteiger partial charge in [0.15, 0.2) is 0 Å². The number of aromatic nitrogens is 1. The molecule has 0 spiro atoms. The van der Waals surface area contributed by atoms with Crippen molar-refractivity contribution in [3.05, 3.63) is 51.2 Å². The third kappa shape index (κ3) is 3.59. The first-order valence-corrected chi connectivity index (χ1v) is 7.31. The first kappa shape index (κ1) is 16.7. The van der Waals surface area contributed by atoms with Gasteiger partial charge in [-0.1, -0.05) is 13.8 Å². The summed E-state index contributed by atoms with van der Waals surface area (Å²) in [5, 5.41) is 10.9. The number of hydrogen-bond donors (Lipinski definition) is 0. The van der Waals surface area contributed by atoms with Crippen molar-refractivity contribution in [1.29, 1.82) is 0 Å². The van der Waals surface area contributed by atoms with E-state index in [0.717, 1.165) is 5.56 Å². The molecule has 0 aliphatic carbocycles. The van der Waals surface area contributed by atoms with E-state index in [-0.39, 0.29) is 11.6 Å². The summed E-state index contributed by atoms with van der Waals surface area (Å²) in [5.74, 6) is 2.00. The second-order valence-electron chi connectivity index (χ2n) is 5.69. The van der Waals surface area contributed by atoms with Crippen molar-refractivity contribution < 1.29 is 14.4 Å². The maximum atomic E-state index is 10.9. The number of benzene rings is 1. The molecule has 0 aliphatic heterocycles. The molecule has 1 aromatic heterocycles. The van der Waals surface area contributed by atoms with Crippen LogP contribution >= 0.6 is 0 Å². The molecule has 6 nitrogen and oxygen atoms in total. The first-order valence-electron chi connectivity index (χ1n) is 7.31. The normalized spacial score (nSPS) is 10.7. The topological polar surface area (TPSA) is 74.5 Å². The number of aryl methyl sites for hydroxylation is 2. The van der Waals surface area contributed by atoms with Crippen molar-refractivity contribution in [3.63, 3.8) is 0 Å². The van der Waals surface area contributed by atoms with E-state index < -0.39 is 4.92 Å². The number of hydrogen-bond acceptors (Lipinski definition) is 5. The van der Waals surface area contributed by atoms with Gasteiger partial charge in [0.1, 0.15) is 11.5 Å². The Labute approximate surface area is 135 Å². The molecule has 0 saturated carbocycles. The number of rotatable bonds is 5. The SMILES string of the molecule is COc1ncc(Oc2c(C)cc([N+](=O)[O-])cc2C)cc1C(C)C. The molecule has 0 amide bonds. The molecular formula is C17H20N2O4. The average molecular weight is 316 g/mol. The van der Waals surface area contributed by atoms with Crippen LogP contribution in [-0.4, -0.2) is 17.0 Å². The zero-order valence-corrected chi connectivity index (χ0v) is 13.9. The molecule has 0 saturated heterocycles. The lowest BCUT2D eigenvalue weighted by atomic mass is 10.0. The minimum atomic E-state index is -0.407. The molecule has 6 heteroatoms. The van der Waals surface area contributed by atoms with E-state index >= 15 is 0 Å². The zero-order chi connectivity index (χ0) is 17.1. The van der Waals surface area contributed by atoms with Crippen LogP contribution in [0.25, 0.3) is 0 Å². The summed E-state index contributed by atoms with van der Waals surface area (Å²) in [7, 11) is 1.58. The maximum Gasteiger partial charge on any atom is 0.270 e. The molecule has 0 bridgehead atoms. The van der Waals surface area contributed by atoms with Crippen LogP contribution in [-0.2, 0) is 0 Å². The second-order valence-corrected chi connectivity index (χ2v) is 5.69. The number of nitrogens with zero attached hydrogens (tertiary/aromatic N) is 2. The van der Waals surface area contributed by atoms with Crippen LogP contribution in [0.1, 0.15) is 36.5 Å². The summed E-state index contributed by atoms with van der Waals surface area (Å²) < 4.78 is 11.2. The molecule has 0 N–H and O–H groups in total. The lowest BCUT2D eigenvalue weighted by Gasteiger charge is -2.15. The van der Waals surface area contributed by atoms with Crippen molar-refractivity contribution in [3.8, 4) is 17.4 Å². The Kier molecular flexibility index (Phi) is 4.83. The Balaban J connectivity index is 2.40. The molecule has 0 unspecified atom stereocenters. The number of pyridine rings is 1. The van der Waals surface area contributed by atoms with Crippen molar-refractivity contribution >= 4 is 5.69 Å². The van der Waals surface area contributed by atoms with Crippen LogP contribution in [0.4, 0.5) is 5.69 Å². The lowest BCUT2D eigenvalue weighted by Crippen LogP contribution is -1.99. The molecule has 1 heterocycles. The monoisotopic (exact) mass is 316 g/mol. The zero-order valence-electron chi connectivity index (χ0n) is 13.9. The van der Waals surface area contributed by atoms with E-state index in [1.54, 1.807) is 27.2 Å². The summed E-state index contributed by atoms with van der Waals surface area (Å²) >= 11 is 0. The summed E-state index contributed by atoms with van der Waals surface area (Å²) in [4.78, 5) is 14.8. The Morgan fingerprint density at radius 3 is 2.26 bits per heavy atom. The van der Waals surface area contributed by atoms with E-state index in [2.05, 4.69) is 4.98 Å². The minimum Gasteiger partial charge on any atom is -0.481 e. The standard InChI is InChI=1S/C17H20N2O4/c1-10(2)15-8-14(9-18-17(15)22-5)23-16-11(3)6-13(19(20)21)7-12(16)4/h6-10H,1-5H3. The van der Waals surface area contributed by atoms with Gasteiger partial charge in [-0.3, -0.25) is 10.1 Å². The fourth-order valence-electron chi connectivity index (χ4n) is 2.40. The van der Waals surface area contributed by atoms with E-state index in [4.69, 9.17) is 9.47 Å². The van der Waals surface area contributed by atoms with Gasteiger partial charge in [-0.25, -0.2) is 4.98 Å². The average Bonchev–Trinajstić information content (AvgIpc) is 2.50. The van der Waals surface area contributed by atoms with Gasteiger partial charge >= 0.3 is 0 Å². The van der Waals surface area contributed by atoms with Crippen molar-refractivity contribution in [1.82, 2.24) is 4.98 Å². The van der Waals surface area contributed by atoms with Crippen molar-refractivity contribution in [2.45, 2.75) is 33.6 Å². The highest BCUT2D eigenvalue weighted by Crippen LogP contribution is 2.34. The number of nitro groups is 1. The molecule has 0 radical (unpaired) electrons. The minimum absolute atomic E-state index is 0.0584. The molecule has 2 rings (SSSR count). The van der Waals surface area contributed by atoms with Gasteiger partial charge in [-0.05, 0) is 37.0 Å². The van der Waals surface area contributed by atoms with Crippen LogP contribution in [0.2, 0.25) is 0 Å². The highest BCUT2D eigenvalue weighted by molar-refractivity contribution is 5.51. The molecule has 1 aromatic carbocycles. The summed E-state index contributed by atoms with van der Waals surface area (Å²) in [6.07, 6.45) is 1.59. The van der Waals surface area contributed by atoms with Gasteiger partial charge in [0.2, 0.25) is 5.88 Å². The number of ether oxygens (including phenoxy) is 2. The second kappa shape index (κ2) is 6.64. The summed E-state index contributed by atoms with van der Waals surface area (Å²) in [6.45, 7) is 7.67. The van der Waals surface area contributed by atoms with Crippen molar-refractivity contribution in [2.75, 3.05) is 7.11 Å². The van der Waals surface area contributed by atoms with Gasteiger partial charge in [0.25, 0.3) is 5.69 Å². The molecular weight excluding hydrogens is 296 g/mol. The van der Waals surface area contributed by atoms with E-state index in [1.165, 1.54) is 12.1 Å². The highest BCUT2D eigenvalue weighted by Gasteiger charge is 2.15. The smallest absolute Gasteiger partial charge is 0.270 e. The Bertz CT molecular complexity index is 718. The summed E-state index contributed by atoms with van der Waals surface area (Å²) in [6, 6.07) is 4.89. The number of nitro benzene ring substituents is 1. The Hall–Kier alpha value is -2.63. The highest BCUT2D eigenvalue weighted by atomic mass is 16.6. The van der Waals surface area contributed by atoms with Crippen LogP contribution in [0, 0.1) is 24.0 Å². The quantitative estimate of drug-likeness (QED) is 0.598. The summed E-state index contributed by atoms with van der Waals surface area (Å²) in [5.41, 5.74) is 2.42. The third-order valence-corrected chi connectivity index (χ3v) is 3.54. The Morgan fingerprint density at radius 1 is 1.17 bits per heavy atom. The van der Waals surface area contributed by atoms with Gasteiger partial charge in [-0.15, -0.1) is 0 Å². The fraction of sp³-hybridized carbons (Fsp3) is 0.353. The maximum absolute atomic E-state index is 10.9.